The topological polar surface area (TPSA) is 116 Å². The molecule has 0 radical (unpaired) electrons. The molecule has 1 atom stereocenters. The monoisotopic (exact) mass is 518 g/mol. The van der Waals surface area contributed by atoms with E-state index in [4.69, 9.17) is 14.7 Å². The van der Waals surface area contributed by atoms with Gasteiger partial charge >= 0.3 is 0 Å². The first-order valence-electron chi connectivity index (χ1n) is 12.9. The fourth-order valence-electron chi connectivity index (χ4n) is 4.36. The van der Waals surface area contributed by atoms with Crippen LogP contribution >= 0.6 is 0 Å². The third-order valence-corrected chi connectivity index (χ3v) is 6.17. The van der Waals surface area contributed by atoms with Gasteiger partial charge in [0.2, 0.25) is 17.8 Å². The second kappa shape index (κ2) is 11.6. The third-order valence-electron chi connectivity index (χ3n) is 6.17. The van der Waals surface area contributed by atoms with Crippen LogP contribution in [0.3, 0.4) is 0 Å². The first kappa shape index (κ1) is 27.1. The number of nitrogens with one attached hydrogen (secondary N) is 4. The zero-order valence-corrected chi connectivity index (χ0v) is 23.1. The zero-order chi connectivity index (χ0) is 27.3. The summed E-state index contributed by atoms with van der Waals surface area (Å²) in [5.41, 5.74) is 2.87. The Kier molecular flexibility index (Phi) is 8.31. The number of anilines is 5. The normalized spacial score (nSPS) is 15.2. The Labute approximate surface area is 224 Å². The number of benzene rings is 2. The maximum Gasteiger partial charge on any atom is 0.255 e. The van der Waals surface area contributed by atoms with Crippen LogP contribution in [0.25, 0.3) is 0 Å². The van der Waals surface area contributed by atoms with E-state index in [0.29, 0.717) is 34.8 Å². The molecule has 1 fully saturated rings. The summed E-state index contributed by atoms with van der Waals surface area (Å²) in [4.78, 5) is 29.2. The van der Waals surface area contributed by atoms with Crippen molar-refractivity contribution in [2.75, 3.05) is 54.6 Å². The Morgan fingerprint density at radius 1 is 1.11 bits per heavy atom. The van der Waals surface area contributed by atoms with Crippen molar-refractivity contribution in [1.82, 2.24) is 20.3 Å². The van der Waals surface area contributed by atoms with E-state index in [1.165, 1.54) is 0 Å². The summed E-state index contributed by atoms with van der Waals surface area (Å²) in [7, 11) is 3.56. The molecule has 0 unspecified atom stereocenters. The van der Waals surface area contributed by atoms with Crippen molar-refractivity contribution in [1.29, 1.82) is 0 Å². The summed E-state index contributed by atoms with van der Waals surface area (Å²) in [5.74, 6) is 1.87. The SMILES string of the molecule is COc1ccccc1NC(=O)c1ccc(C)c(Nc2nc(N[C@H]3CCNC3)nc(N(C)CC(C)(C)C)n2)c1. The highest BCUT2D eigenvalue weighted by Gasteiger charge is 2.20. The molecule has 1 aromatic heterocycles. The lowest BCUT2D eigenvalue weighted by molar-refractivity contribution is 0.102. The van der Waals surface area contributed by atoms with Crippen LogP contribution in [0.15, 0.2) is 42.5 Å². The van der Waals surface area contributed by atoms with Crippen LogP contribution in [0.4, 0.5) is 29.2 Å². The van der Waals surface area contributed by atoms with Gasteiger partial charge in [-0.2, -0.15) is 15.0 Å². The summed E-state index contributed by atoms with van der Waals surface area (Å²) in [6.07, 6.45) is 1.00. The number of ether oxygens (including phenoxy) is 1. The van der Waals surface area contributed by atoms with Gasteiger partial charge in [-0.1, -0.05) is 39.0 Å². The molecule has 4 N–H and O–H groups in total. The van der Waals surface area contributed by atoms with E-state index < -0.39 is 0 Å². The van der Waals surface area contributed by atoms with Crippen molar-refractivity contribution in [3.05, 3.63) is 53.6 Å². The highest BCUT2D eigenvalue weighted by Crippen LogP contribution is 2.26. The van der Waals surface area contributed by atoms with Crippen LogP contribution in [-0.4, -0.2) is 60.7 Å². The third kappa shape index (κ3) is 7.10. The van der Waals surface area contributed by atoms with Gasteiger partial charge in [0.1, 0.15) is 5.75 Å². The van der Waals surface area contributed by atoms with E-state index >= 15 is 0 Å². The number of carbonyl (C=O) groups excluding carboxylic acids is 1. The van der Waals surface area contributed by atoms with Crippen molar-refractivity contribution in [2.24, 2.45) is 5.41 Å². The molecule has 2 heterocycles. The average molecular weight is 519 g/mol. The number of carbonyl (C=O) groups is 1. The van der Waals surface area contributed by atoms with Crippen molar-refractivity contribution in [3.63, 3.8) is 0 Å². The smallest absolute Gasteiger partial charge is 0.255 e. The molecule has 3 aromatic rings. The summed E-state index contributed by atoms with van der Waals surface area (Å²) in [6, 6.07) is 13.1. The molecule has 10 nitrogen and oxygen atoms in total. The molecule has 1 saturated heterocycles. The van der Waals surface area contributed by atoms with E-state index in [9.17, 15) is 4.79 Å². The van der Waals surface area contributed by atoms with Gasteiger partial charge in [-0.15, -0.1) is 0 Å². The molecule has 202 valence electrons. The number of hydrogen-bond acceptors (Lipinski definition) is 9. The fourth-order valence-corrected chi connectivity index (χ4v) is 4.36. The fraction of sp³-hybridized carbons (Fsp3) is 0.429. The summed E-state index contributed by atoms with van der Waals surface area (Å²) >= 11 is 0. The molecule has 2 aromatic carbocycles. The number of methoxy groups -OCH3 is 1. The van der Waals surface area contributed by atoms with Crippen LogP contribution in [0.2, 0.25) is 0 Å². The molecule has 1 aliphatic rings. The summed E-state index contributed by atoms with van der Waals surface area (Å²) in [5, 5.41) is 13.1. The number of para-hydroxylation sites is 2. The molecular formula is C28H38N8O2. The molecule has 38 heavy (non-hydrogen) atoms. The zero-order valence-electron chi connectivity index (χ0n) is 23.1. The van der Waals surface area contributed by atoms with Gasteiger partial charge in [-0.05, 0) is 55.1 Å². The van der Waals surface area contributed by atoms with Gasteiger partial charge in [-0.3, -0.25) is 4.79 Å². The van der Waals surface area contributed by atoms with Crippen molar-refractivity contribution >= 4 is 35.1 Å². The Balaban J connectivity index is 1.60. The minimum absolute atomic E-state index is 0.0671. The Bertz CT molecular complexity index is 1270. The van der Waals surface area contributed by atoms with Gasteiger partial charge in [0.25, 0.3) is 5.91 Å². The molecule has 1 amide bonds. The number of amides is 1. The number of nitrogens with zero attached hydrogens (tertiary/aromatic N) is 4. The minimum atomic E-state index is -0.241. The van der Waals surface area contributed by atoms with Crippen molar-refractivity contribution in [2.45, 2.75) is 40.2 Å². The molecule has 10 heteroatoms. The average Bonchev–Trinajstić information content (AvgIpc) is 3.37. The predicted octanol–water partition coefficient (Wildman–Crippen LogP) is 4.44. The lowest BCUT2D eigenvalue weighted by atomic mass is 9.96. The van der Waals surface area contributed by atoms with E-state index in [1.54, 1.807) is 31.4 Å². The van der Waals surface area contributed by atoms with Crippen molar-refractivity contribution in [3.8, 4) is 5.75 Å². The lowest BCUT2D eigenvalue weighted by Gasteiger charge is -2.27. The minimum Gasteiger partial charge on any atom is -0.495 e. The first-order chi connectivity index (χ1) is 18.1. The van der Waals surface area contributed by atoms with Crippen LogP contribution in [-0.2, 0) is 0 Å². The second-order valence-electron chi connectivity index (χ2n) is 10.8. The van der Waals surface area contributed by atoms with Crippen LogP contribution in [0.1, 0.15) is 43.1 Å². The van der Waals surface area contributed by atoms with Gasteiger partial charge < -0.3 is 30.9 Å². The second-order valence-corrected chi connectivity index (χ2v) is 10.8. The highest BCUT2D eigenvalue weighted by atomic mass is 16.5. The van der Waals surface area contributed by atoms with Gasteiger partial charge in [0.05, 0.1) is 12.8 Å². The molecule has 0 bridgehead atoms. The standard InChI is InChI=1S/C28H38N8O2/c1-18-11-12-19(24(37)31-21-9-7-8-10-23(21)38-6)15-22(18)32-26-33-25(30-20-13-14-29-16-20)34-27(35-26)36(5)17-28(2,3)4/h7-12,15,20,29H,13-14,16-17H2,1-6H3,(H,31,37)(H2,30,32,33,34,35)/t20-/m0/s1. The Morgan fingerprint density at radius 3 is 2.58 bits per heavy atom. The molecular weight excluding hydrogens is 480 g/mol. The van der Waals surface area contributed by atoms with E-state index in [1.807, 2.05) is 37.1 Å². The first-order valence-corrected chi connectivity index (χ1v) is 12.9. The lowest BCUT2D eigenvalue weighted by Crippen LogP contribution is -2.31. The van der Waals surface area contributed by atoms with Gasteiger partial charge in [0.15, 0.2) is 0 Å². The molecule has 1 aliphatic heterocycles. The number of aryl methyl sites for hydroxylation is 1. The number of aromatic nitrogens is 3. The van der Waals surface area contributed by atoms with Gasteiger partial charge in [0, 0.05) is 37.4 Å². The Morgan fingerprint density at radius 2 is 1.87 bits per heavy atom. The number of rotatable bonds is 9. The largest absolute Gasteiger partial charge is 0.495 e. The van der Waals surface area contributed by atoms with E-state index in [0.717, 1.165) is 37.3 Å². The van der Waals surface area contributed by atoms with Gasteiger partial charge in [-0.25, -0.2) is 0 Å². The van der Waals surface area contributed by atoms with E-state index in [2.05, 4.69) is 47.0 Å². The summed E-state index contributed by atoms with van der Waals surface area (Å²) in [6.45, 7) is 11.1. The molecule has 0 saturated carbocycles. The molecule has 4 rings (SSSR count). The summed E-state index contributed by atoms with van der Waals surface area (Å²) < 4.78 is 5.36. The molecule has 0 aliphatic carbocycles. The Hall–Kier alpha value is -3.92. The highest BCUT2D eigenvalue weighted by molar-refractivity contribution is 6.05. The van der Waals surface area contributed by atoms with Crippen molar-refractivity contribution < 1.29 is 9.53 Å². The van der Waals surface area contributed by atoms with Crippen LogP contribution < -0.4 is 30.9 Å². The van der Waals surface area contributed by atoms with E-state index in [-0.39, 0.29) is 17.4 Å². The predicted molar refractivity (Wildman–Crippen MR) is 153 cm³/mol. The maximum absolute atomic E-state index is 13.1. The maximum atomic E-state index is 13.1. The molecule has 0 spiro atoms. The van der Waals surface area contributed by atoms with Crippen LogP contribution in [0, 0.1) is 12.3 Å². The number of hydrogen-bond donors (Lipinski definition) is 4. The van der Waals surface area contributed by atoms with Crippen LogP contribution in [0.5, 0.6) is 5.75 Å². The quantitative estimate of drug-likeness (QED) is 0.326.